The number of nitro groups is 1. The first-order chi connectivity index (χ1) is 7.09. The third kappa shape index (κ3) is 1.64. The van der Waals surface area contributed by atoms with E-state index in [1.54, 1.807) is 12.3 Å². The molecule has 0 saturated carbocycles. The van der Waals surface area contributed by atoms with Gasteiger partial charge in [0.1, 0.15) is 5.15 Å². The van der Waals surface area contributed by atoms with Crippen molar-refractivity contribution >= 4 is 28.1 Å². The smallest absolute Gasteiger partial charge is 0.258 e. The van der Waals surface area contributed by atoms with E-state index in [0.717, 1.165) is 16.3 Å². The van der Waals surface area contributed by atoms with Gasteiger partial charge >= 0.3 is 0 Å². The maximum atomic E-state index is 10.6. The van der Waals surface area contributed by atoms with Gasteiger partial charge in [-0.2, -0.15) is 0 Å². The van der Waals surface area contributed by atoms with E-state index in [-0.39, 0.29) is 5.69 Å². The molecular weight excluding hydrogens is 216 g/mol. The van der Waals surface area contributed by atoms with E-state index < -0.39 is 4.92 Å². The van der Waals surface area contributed by atoms with Crippen LogP contribution in [0.1, 0.15) is 5.56 Å². The predicted octanol–water partition coefficient (Wildman–Crippen LogP) is 3.10. The van der Waals surface area contributed by atoms with E-state index in [1.165, 1.54) is 12.1 Å². The van der Waals surface area contributed by atoms with Crippen LogP contribution in [-0.2, 0) is 0 Å². The van der Waals surface area contributed by atoms with Gasteiger partial charge in [-0.25, -0.2) is 4.98 Å². The number of pyridine rings is 1. The second-order valence-electron chi connectivity index (χ2n) is 3.22. The SMILES string of the molecule is Cc1cnc(Cl)c2ccc([N+](=O)[O-])cc12. The van der Waals surface area contributed by atoms with Crippen molar-refractivity contribution in [3.05, 3.63) is 45.2 Å². The molecule has 2 aromatic rings. The van der Waals surface area contributed by atoms with Crippen LogP contribution in [0.4, 0.5) is 5.69 Å². The molecule has 5 heteroatoms. The first kappa shape index (κ1) is 9.86. The lowest BCUT2D eigenvalue weighted by Crippen LogP contribution is -1.89. The van der Waals surface area contributed by atoms with Crippen molar-refractivity contribution in [1.82, 2.24) is 4.98 Å². The lowest BCUT2D eigenvalue weighted by Gasteiger charge is -2.02. The van der Waals surface area contributed by atoms with E-state index in [9.17, 15) is 10.1 Å². The van der Waals surface area contributed by atoms with Crippen molar-refractivity contribution in [3.63, 3.8) is 0 Å². The highest BCUT2D eigenvalue weighted by molar-refractivity contribution is 6.34. The molecule has 0 radical (unpaired) electrons. The van der Waals surface area contributed by atoms with Crippen LogP contribution in [0.15, 0.2) is 24.4 Å². The summed E-state index contributed by atoms with van der Waals surface area (Å²) in [6, 6.07) is 4.56. The number of hydrogen-bond acceptors (Lipinski definition) is 3. The average Bonchev–Trinajstić information content (AvgIpc) is 2.23. The van der Waals surface area contributed by atoms with Gasteiger partial charge in [0.25, 0.3) is 5.69 Å². The van der Waals surface area contributed by atoms with Crippen molar-refractivity contribution in [2.24, 2.45) is 0 Å². The summed E-state index contributed by atoms with van der Waals surface area (Å²) in [7, 11) is 0. The van der Waals surface area contributed by atoms with Crippen molar-refractivity contribution < 1.29 is 4.92 Å². The molecule has 0 aliphatic rings. The number of rotatable bonds is 1. The summed E-state index contributed by atoms with van der Waals surface area (Å²) in [4.78, 5) is 14.2. The number of aryl methyl sites for hydroxylation is 1. The standard InChI is InChI=1S/C10H7ClN2O2/c1-6-5-12-10(11)8-3-2-7(13(14)15)4-9(6)8/h2-5H,1H3. The van der Waals surface area contributed by atoms with Crippen LogP contribution >= 0.6 is 11.6 Å². The maximum Gasteiger partial charge on any atom is 0.270 e. The molecule has 15 heavy (non-hydrogen) atoms. The van der Waals surface area contributed by atoms with Crippen LogP contribution in [-0.4, -0.2) is 9.91 Å². The minimum Gasteiger partial charge on any atom is -0.258 e. The fourth-order valence-corrected chi connectivity index (χ4v) is 1.66. The largest absolute Gasteiger partial charge is 0.270 e. The molecule has 2 rings (SSSR count). The number of fused-ring (bicyclic) bond motifs is 1. The molecule has 1 heterocycles. The highest BCUT2D eigenvalue weighted by atomic mass is 35.5. The Labute approximate surface area is 90.7 Å². The summed E-state index contributed by atoms with van der Waals surface area (Å²) >= 11 is 5.88. The topological polar surface area (TPSA) is 56.0 Å². The quantitative estimate of drug-likeness (QED) is 0.423. The highest BCUT2D eigenvalue weighted by Crippen LogP contribution is 2.27. The van der Waals surface area contributed by atoms with Crippen LogP contribution in [0.2, 0.25) is 5.15 Å². The van der Waals surface area contributed by atoms with Crippen LogP contribution in [0, 0.1) is 17.0 Å². The van der Waals surface area contributed by atoms with Crippen molar-refractivity contribution in [2.45, 2.75) is 6.92 Å². The molecule has 0 saturated heterocycles. The molecule has 0 aliphatic carbocycles. The molecule has 1 aromatic carbocycles. The lowest BCUT2D eigenvalue weighted by atomic mass is 10.1. The van der Waals surface area contributed by atoms with Crippen LogP contribution in [0.5, 0.6) is 0 Å². The Morgan fingerprint density at radius 1 is 1.40 bits per heavy atom. The van der Waals surface area contributed by atoms with Crippen LogP contribution in [0.25, 0.3) is 10.8 Å². The van der Waals surface area contributed by atoms with E-state index in [0.29, 0.717) is 5.15 Å². The van der Waals surface area contributed by atoms with Gasteiger partial charge in [-0.1, -0.05) is 11.6 Å². The summed E-state index contributed by atoms with van der Waals surface area (Å²) in [5.74, 6) is 0. The zero-order chi connectivity index (χ0) is 11.0. The zero-order valence-electron chi connectivity index (χ0n) is 7.90. The summed E-state index contributed by atoms with van der Waals surface area (Å²) in [5, 5.41) is 12.5. The number of halogens is 1. The molecule has 1 aromatic heterocycles. The monoisotopic (exact) mass is 222 g/mol. The molecule has 4 nitrogen and oxygen atoms in total. The fraction of sp³-hybridized carbons (Fsp3) is 0.100. The Hall–Kier alpha value is -1.68. The minimum absolute atomic E-state index is 0.0628. The molecule has 0 atom stereocenters. The predicted molar refractivity (Wildman–Crippen MR) is 58.1 cm³/mol. The van der Waals surface area contributed by atoms with Gasteiger partial charge in [-0.3, -0.25) is 10.1 Å². The van der Waals surface area contributed by atoms with E-state index in [4.69, 9.17) is 11.6 Å². The molecule has 0 spiro atoms. The Balaban J connectivity index is 2.81. The van der Waals surface area contributed by atoms with Gasteiger partial charge in [0, 0.05) is 23.7 Å². The van der Waals surface area contributed by atoms with E-state index in [2.05, 4.69) is 4.98 Å². The van der Waals surface area contributed by atoms with Gasteiger partial charge in [-0.15, -0.1) is 0 Å². The normalized spacial score (nSPS) is 10.5. The Morgan fingerprint density at radius 3 is 2.80 bits per heavy atom. The number of nitrogens with zero attached hydrogens (tertiary/aromatic N) is 2. The first-order valence-corrected chi connectivity index (χ1v) is 4.66. The van der Waals surface area contributed by atoms with Gasteiger partial charge in [0.2, 0.25) is 0 Å². The van der Waals surface area contributed by atoms with E-state index >= 15 is 0 Å². The molecular formula is C10H7ClN2O2. The molecule has 0 bridgehead atoms. The number of aromatic nitrogens is 1. The Morgan fingerprint density at radius 2 is 2.13 bits per heavy atom. The number of hydrogen-bond donors (Lipinski definition) is 0. The van der Waals surface area contributed by atoms with Gasteiger partial charge in [0.15, 0.2) is 0 Å². The van der Waals surface area contributed by atoms with Crippen molar-refractivity contribution in [1.29, 1.82) is 0 Å². The molecule has 76 valence electrons. The van der Waals surface area contributed by atoms with Crippen molar-refractivity contribution in [2.75, 3.05) is 0 Å². The Kier molecular flexibility index (Phi) is 2.28. The number of non-ortho nitro benzene ring substituents is 1. The van der Waals surface area contributed by atoms with Gasteiger partial charge in [-0.05, 0) is 23.9 Å². The second kappa shape index (κ2) is 3.47. The lowest BCUT2D eigenvalue weighted by molar-refractivity contribution is -0.384. The number of nitro benzene ring substituents is 1. The molecule has 0 fully saturated rings. The van der Waals surface area contributed by atoms with E-state index in [1.807, 2.05) is 6.92 Å². The first-order valence-electron chi connectivity index (χ1n) is 4.29. The van der Waals surface area contributed by atoms with Gasteiger partial charge < -0.3 is 0 Å². The molecule has 0 amide bonds. The molecule has 0 unspecified atom stereocenters. The second-order valence-corrected chi connectivity index (χ2v) is 3.58. The zero-order valence-corrected chi connectivity index (χ0v) is 8.65. The fourth-order valence-electron chi connectivity index (χ4n) is 1.44. The van der Waals surface area contributed by atoms with Crippen molar-refractivity contribution in [3.8, 4) is 0 Å². The van der Waals surface area contributed by atoms with Crippen LogP contribution < -0.4 is 0 Å². The summed E-state index contributed by atoms with van der Waals surface area (Å²) in [6.07, 6.45) is 1.61. The van der Waals surface area contributed by atoms with Crippen LogP contribution in [0.3, 0.4) is 0 Å². The molecule has 0 aliphatic heterocycles. The summed E-state index contributed by atoms with van der Waals surface area (Å²) in [5.41, 5.74) is 0.936. The minimum atomic E-state index is -0.423. The summed E-state index contributed by atoms with van der Waals surface area (Å²) < 4.78 is 0. The van der Waals surface area contributed by atoms with Gasteiger partial charge in [0.05, 0.1) is 4.92 Å². The summed E-state index contributed by atoms with van der Waals surface area (Å²) in [6.45, 7) is 1.84. The molecule has 0 N–H and O–H groups in total. The third-order valence-electron chi connectivity index (χ3n) is 2.23. The highest BCUT2D eigenvalue weighted by Gasteiger charge is 2.09. The average molecular weight is 223 g/mol. The number of benzene rings is 1. The third-order valence-corrected chi connectivity index (χ3v) is 2.53. The Bertz CT molecular complexity index is 554. The maximum absolute atomic E-state index is 10.6.